The van der Waals surface area contributed by atoms with Crippen LogP contribution in [0.15, 0.2) is 18.3 Å². The molecular formula is C12H12IN5O. The van der Waals surface area contributed by atoms with Crippen LogP contribution in [0.3, 0.4) is 0 Å². The van der Waals surface area contributed by atoms with E-state index in [1.807, 2.05) is 52.5 Å². The first-order valence-electron chi connectivity index (χ1n) is 5.51. The van der Waals surface area contributed by atoms with Gasteiger partial charge in [-0.05, 0) is 16.1 Å². The molecule has 0 saturated heterocycles. The van der Waals surface area contributed by atoms with Gasteiger partial charge in [0.15, 0.2) is 12.4 Å². The van der Waals surface area contributed by atoms with Crippen molar-refractivity contribution in [2.45, 2.75) is 0 Å². The third-order valence-corrected chi connectivity index (χ3v) is 2.73. The molecule has 0 unspecified atom stereocenters. The van der Waals surface area contributed by atoms with Crippen molar-refractivity contribution in [1.29, 1.82) is 0 Å². The second-order valence-electron chi connectivity index (χ2n) is 3.58. The van der Waals surface area contributed by atoms with Crippen molar-refractivity contribution >= 4 is 28.5 Å². The van der Waals surface area contributed by atoms with E-state index >= 15 is 0 Å². The highest BCUT2D eigenvalue weighted by Gasteiger charge is 2.10. The van der Waals surface area contributed by atoms with Crippen LogP contribution < -0.4 is 10.1 Å². The van der Waals surface area contributed by atoms with E-state index in [1.54, 1.807) is 7.05 Å². The molecule has 7 heteroatoms. The van der Waals surface area contributed by atoms with Crippen LogP contribution in [0.2, 0.25) is 0 Å². The molecule has 1 N–H and O–H groups in total. The Morgan fingerprint density at radius 3 is 2.89 bits per heavy atom. The molecule has 0 fully saturated rings. The number of nitrogens with zero attached hydrogens (tertiary/aromatic N) is 4. The third kappa shape index (κ3) is 3.35. The lowest BCUT2D eigenvalue weighted by molar-refractivity contribution is 0.339. The van der Waals surface area contributed by atoms with Crippen LogP contribution >= 0.6 is 22.6 Å². The molecule has 0 aliphatic heterocycles. The molecule has 6 nitrogen and oxygen atoms in total. The van der Waals surface area contributed by atoms with Crippen molar-refractivity contribution < 1.29 is 4.74 Å². The summed E-state index contributed by atoms with van der Waals surface area (Å²) in [4.78, 5) is 12.7. The van der Waals surface area contributed by atoms with E-state index < -0.39 is 0 Å². The molecule has 0 aliphatic carbocycles. The number of hydrogen-bond donors (Lipinski definition) is 1. The standard InChI is InChI=1S/C12H12IN5O/c1-14-11-15-10(9-5-3-7-18(9)2)16-12(17-11)19-8-4-6-13/h3,5,7H,8H2,1-2H3,(H,14,15,16,17). The van der Waals surface area contributed by atoms with Crippen LogP contribution in [0, 0.1) is 9.85 Å². The number of ether oxygens (including phenoxy) is 1. The summed E-state index contributed by atoms with van der Waals surface area (Å²) in [6.07, 6.45) is 1.93. The smallest absolute Gasteiger partial charge is 0.322 e. The predicted octanol–water partition coefficient (Wildman–Crippen LogP) is 1.69. The van der Waals surface area contributed by atoms with E-state index in [4.69, 9.17) is 4.74 Å². The Bertz CT molecular complexity index is 629. The molecule has 0 radical (unpaired) electrons. The fourth-order valence-electron chi connectivity index (χ4n) is 1.47. The van der Waals surface area contributed by atoms with Gasteiger partial charge in [-0.25, -0.2) is 0 Å². The predicted molar refractivity (Wildman–Crippen MR) is 81.1 cm³/mol. The fourth-order valence-corrected chi connectivity index (χ4v) is 1.62. The quantitative estimate of drug-likeness (QED) is 0.657. The zero-order chi connectivity index (χ0) is 13.7. The molecule has 0 spiro atoms. The van der Waals surface area contributed by atoms with Crippen molar-refractivity contribution in [2.24, 2.45) is 7.05 Å². The Labute approximate surface area is 124 Å². The van der Waals surface area contributed by atoms with E-state index in [0.29, 0.717) is 11.8 Å². The van der Waals surface area contributed by atoms with Crippen molar-refractivity contribution in [3.05, 3.63) is 18.3 Å². The molecule has 0 aromatic carbocycles. The maximum Gasteiger partial charge on any atom is 0.322 e. The van der Waals surface area contributed by atoms with E-state index in [-0.39, 0.29) is 12.6 Å². The van der Waals surface area contributed by atoms with Crippen molar-refractivity contribution in [3.8, 4) is 27.4 Å². The monoisotopic (exact) mass is 369 g/mol. The van der Waals surface area contributed by atoms with Gasteiger partial charge in [-0.2, -0.15) is 15.0 Å². The van der Waals surface area contributed by atoms with E-state index in [2.05, 4.69) is 30.1 Å². The summed E-state index contributed by atoms with van der Waals surface area (Å²) in [6, 6.07) is 4.12. The normalized spacial score (nSPS) is 9.63. The minimum Gasteiger partial charge on any atom is -0.450 e. The number of anilines is 1. The molecule has 0 aliphatic rings. The molecular weight excluding hydrogens is 357 g/mol. The number of aryl methyl sites for hydroxylation is 1. The van der Waals surface area contributed by atoms with Gasteiger partial charge >= 0.3 is 6.01 Å². The maximum absolute atomic E-state index is 5.38. The molecule has 2 aromatic heterocycles. The lowest BCUT2D eigenvalue weighted by Gasteiger charge is -2.07. The van der Waals surface area contributed by atoms with Crippen LogP contribution in [0.5, 0.6) is 6.01 Å². The van der Waals surface area contributed by atoms with Gasteiger partial charge in [-0.15, -0.1) is 0 Å². The summed E-state index contributed by atoms with van der Waals surface area (Å²) in [7, 11) is 3.68. The maximum atomic E-state index is 5.38. The van der Waals surface area contributed by atoms with E-state index in [1.165, 1.54) is 0 Å². The Morgan fingerprint density at radius 2 is 2.26 bits per heavy atom. The van der Waals surface area contributed by atoms with Gasteiger partial charge in [-0.1, -0.05) is 5.92 Å². The Kier molecular flexibility index (Phi) is 4.57. The first-order chi connectivity index (χ1) is 9.24. The molecule has 0 saturated carbocycles. The molecule has 0 atom stereocenters. The summed E-state index contributed by atoms with van der Waals surface area (Å²) in [5.41, 5.74) is 0.892. The third-order valence-electron chi connectivity index (χ3n) is 2.35. The molecule has 0 amide bonds. The first-order valence-corrected chi connectivity index (χ1v) is 6.59. The van der Waals surface area contributed by atoms with Gasteiger partial charge in [0.05, 0.1) is 5.69 Å². The van der Waals surface area contributed by atoms with Crippen molar-refractivity contribution in [3.63, 3.8) is 0 Å². The van der Waals surface area contributed by atoms with Crippen LogP contribution in [-0.4, -0.2) is 33.2 Å². The van der Waals surface area contributed by atoms with Gasteiger partial charge in [0.2, 0.25) is 5.95 Å². The lowest BCUT2D eigenvalue weighted by atomic mass is 10.4. The second-order valence-corrected chi connectivity index (χ2v) is 4.12. The number of hydrogen-bond acceptors (Lipinski definition) is 5. The Hall–Kier alpha value is -1.82. The molecule has 2 aromatic rings. The number of halogens is 1. The fraction of sp³-hybridized carbons (Fsp3) is 0.250. The van der Waals surface area contributed by atoms with Gasteiger partial charge in [0.1, 0.15) is 0 Å². The van der Waals surface area contributed by atoms with Gasteiger partial charge < -0.3 is 14.6 Å². The summed E-state index contributed by atoms with van der Waals surface area (Å²) in [5, 5.41) is 2.89. The largest absolute Gasteiger partial charge is 0.450 e. The van der Waals surface area contributed by atoms with Gasteiger partial charge in [0, 0.05) is 42.9 Å². The molecule has 2 heterocycles. The zero-order valence-corrected chi connectivity index (χ0v) is 12.7. The first kappa shape index (κ1) is 13.6. The van der Waals surface area contributed by atoms with Gasteiger partial charge in [-0.3, -0.25) is 0 Å². The highest BCUT2D eigenvalue weighted by atomic mass is 127. The zero-order valence-electron chi connectivity index (χ0n) is 10.5. The number of rotatable bonds is 4. The van der Waals surface area contributed by atoms with E-state index in [0.717, 1.165) is 5.69 Å². The second kappa shape index (κ2) is 6.38. The highest BCUT2D eigenvalue weighted by Crippen LogP contribution is 2.18. The average molecular weight is 369 g/mol. The summed E-state index contributed by atoms with van der Waals surface area (Å²) in [5.74, 6) is 3.81. The summed E-state index contributed by atoms with van der Waals surface area (Å²) in [6.45, 7) is 0.253. The number of nitrogens with one attached hydrogen (secondary N) is 1. The number of aromatic nitrogens is 4. The minimum atomic E-state index is 0.253. The van der Waals surface area contributed by atoms with Crippen LogP contribution in [-0.2, 0) is 7.05 Å². The summed E-state index contributed by atoms with van der Waals surface area (Å²) < 4.78 is 10.0. The topological polar surface area (TPSA) is 64.9 Å². The van der Waals surface area contributed by atoms with Crippen LogP contribution in [0.25, 0.3) is 11.5 Å². The Morgan fingerprint density at radius 1 is 1.42 bits per heavy atom. The SMILES string of the molecule is CNc1nc(OCC#CI)nc(-c2cccn2C)n1. The Balaban J connectivity index is 2.35. The minimum absolute atomic E-state index is 0.253. The van der Waals surface area contributed by atoms with Crippen LogP contribution in [0.4, 0.5) is 5.95 Å². The van der Waals surface area contributed by atoms with E-state index in [9.17, 15) is 0 Å². The van der Waals surface area contributed by atoms with Crippen molar-refractivity contribution in [1.82, 2.24) is 19.5 Å². The molecule has 0 bridgehead atoms. The highest BCUT2D eigenvalue weighted by molar-refractivity contribution is 14.1. The molecule has 19 heavy (non-hydrogen) atoms. The lowest BCUT2D eigenvalue weighted by Crippen LogP contribution is -2.06. The van der Waals surface area contributed by atoms with Crippen LogP contribution in [0.1, 0.15) is 0 Å². The average Bonchev–Trinajstić information content (AvgIpc) is 2.85. The molecule has 2 rings (SSSR count). The summed E-state index contributed by atoms with van der Waals surface area (Å²) >= 11 is 1.95. The molecule has 98 valence electrons. The van der Waals surface area contributed by atoms with Crippen molar-refractivity contribution in [2.75, 3.05) is 19.0 Å². The van der Waals surface area contributed by atoms with Gasteiger partial charge in [0.25, 0.3) is 0 Å².